The molecular formula is C46H94NO7P. The van der Waals surface area contributed by atoms with E-state index in [0.717, 1.165) is 32.1 Å². The molecule has 2 unspecified atom stereocenters. The van der Waals surface area contributed by atoms with Crippen LogP contribution in [0.5, 0.6) is 0 Å². The van der Waals surface area contributed by atoms with Gasteiger partial charge in [-0.15, -0.1) is 0 Å². The van der Waals surface area contributed by atoms with E-state index in [4.69, 9.17) is 18.5 Å². The first-order valence-corrected chi connectivity index (χ1v) is 25.2. The fourth-order valence-electron chi connectivity index (χ4n) is 6.96. The minimum Gasteiger partial charge on any atom is -0.756 e. The Hall–Kier alpha value is -0.500. The van der Waals surface area contributed by atoms with Crippen molar-refractivity contribution in [3.8, 4) is 0 Å². The highest BCUT2D eigenvalue weighted by atomic mass is 31.2. The van der Waals surface area contributed by atoms with Gasteiger partial charge in [0.15, 0.2) is 0 Å². The average molecular weight is 804 g/mol. The zero-order valence-corrected chi connectivity index (χ0v) is 38.3. The van der Waals surface area contributed by atoms with E-state index in [2.05, 4.69) is 13.8 Å². The molecular weight excluding hydrogens is 709 g/mol. The zero-order valence-electron chi connectivity index (χ0n) is 37.4. The highest BCUT2D eigenvalue weighted by molar-refractivity contribution is 7.45. The van der Waals surface area contributed by atoms with E-state index in [9.17, 15) is 14.3 Å². The molecule has 0 aliphatic rings. The van der Waals surface area contributed by atoms with Gasteiger partial charge in [-0.2, -0.15) is 0 Å². The number of phosphoric ester groups is 1. The molecule has 0 aromatic rings. The maximum absolute atomic E-state index is 12.7. The van der Waals surface area contributed by atoms with E-state index in [-0.39, 0.29) is 25.8 Å². The first-order chi connectivity index (χ1) is 26.6. The van der Waals surface area contributed by atoms with Crippen molar-refractivity contribution in [2.45, 2.75) is 238 Å². The normalized spacial score (nSPS) is 13.6. The molecule has 0 bridgehead atoms. The summed E-state index contributed by atoms with van der Waals surface area (Å²) in [5.41, 5.74) is 0. The summed E-state index contributed by atoms with van der Waals surface area (Å²) >= 11 is 0. The molecule has 0 aromatic carbocycles. The molecule has 0 saturated carbocycles. The van der Waals surface area contributed by atoms with Gasteiger partial charge in [-0.1, -0.05) is 213 Å². The second-order valence-electron chi connectivity index (χ2n) is 17.5. The number of hydrogen-bond acceptors (Lipinski definition) is 7. The summed E-state index contributed by atoms with van der Waals surface area (Å²) in [6.45, 7) is 5.47. The second kappa shape index (κ2) is 40.3. The minimum atomic E-state index is -4.52. The lowest BCUT2D eigenvalue weighted by atomic mass is 10.0. The lowest BCUT2D eigenvalue weighted by Gasteiger charge is -2.28. The molecule has 330 valence electrons. The van der Waals surface area contributed by atoms with Crippen LogP contribution in [-0.4, -0.2) is 70.7 Å². The molecule has 0 aromatic heterocycles. The van der Waals surface area contributed by atoms with Gasteiger partial charge in [0, 0.05) is 13.0 Å². The fraction of sp³-hybridized carbons (Fsp3) is 0.978. The summed E-state index contributed by atoms with van der Waals surface area (Å²) in [6.07, 6.45) is 42.6. The van der Waals surface area contributed by atoms with Crippen molar-refractivity contribution < 1.29 is 37.3 Å². The molecule has 0 spiro atoms. The van der Waals surface area contributed by atoms with Gasteiger partial charge in [0.25, 0.3) is 7.82 Å². The number of hydrogen-bond donors (Lipinski definition) is 0. The number of unbranched alkanes of at least 4 members (excludes halogenated alkanes) is 31. The first-order valence-electron chi connectivity index (χ1n) is 23.8. The molecule has 0 N–H and O–H groups in total. The molecule has 0 heterocycles. The molecule has 8 nitrogen and oxygen atoms in total. The average Bonchev–Trinajstić information content (AvgIpc) is 3.13. The van der Waals surface area contributed by atoms with Crippen LogP contribution < -0.4 is 4.89 Å². The molecule has 2 atom stereocenters. The topological polar surface area (TPSA) is 94.1 Å². The molecule has 0 fully saturated rings. The van der Waals surface area contributed by atoms with Gasteiger partial charge < -0.3 is 27.9 Å². The SMILES string of the molecule is CCCCCCCCCCCCCCCCCCCCCCCOCC(COP(=O)([O-])OCC[N+](C)(C)C)OC(=O)CCCCCCCCCCCCCC. The van der Waals surface area contributed by atoms with E-state index in [0.29, 0.717) is 24.1 Å². The summed E-state index contributed by atoms with van der Waals surface area (Å²) < 4.78 is 34.6. The van der Waals surface area contributed by atoms with Gasteiger partial charge in [0.05, 0.1) is 34.4 Å². The number of carbonyl (C=O) groups is 1. The van der Waals surface area contributed by atoms with Crippen LogP contribution in [-0.2, 0) is 27.9 Å². The number of carbonyl (C=O) groups excluding carboxylic acids is 1. The number of rotatable bonds is 45. The van der Waals surface area contributed by atoms with Gasteiger partial charge in [0.1, 0.15) is 19.3 Å². The summed E-state index contributed by atoms with van der Waals surface area (Å²) in [6, 6.07) is 0. The largest absolute Gasteiger partial charge is 0.756 e. The lowest BCUT2D eigenvalue weighted by molar-refractivity contribution is -0.870. The lowest BCUT2D eigenvalue weighted by Crippen LogP contribution is -2.37. The third-order valence-corrected chi connectivity index (χ3v) is 11.6. The molecule has 0 aliphatic heterocycles. The van der Waals surface area contributed by atoms with Gasteiger partial charge in [-0.25, -0.2) is 0 Å². The Labute approximate surface area is 342 Å². The predicted octanol–water partition coefficient (Wildman–Crippen LogP) is 13.4. The van der Waals surface area contributed by atoms with Crippen molar-refractivity contribution in [3.05, 3.63) is 0 Å². The summed E-state index contributed by atoms with van der Waals surface area (Å²) in [4.78, 5) is 25.0. The molecule has 0 saturated heterocycles. The highest BCUT2D eigenvalue weighted by Gasteiger charge is 2.20. The van der Waals surface area contributed by atoms with Crippen LogP contribution >= 0.6 is 7.82 Å². The maximum atomic E-state index is 12.7. The maximum Gasteiger partial charge on any atom is 0.306 e. The van der Waals surface area contributed by atoms with Crippen LogP contribution in [0.3, 0.4) is 0 Å². The molecule has 0 radical (unpaired) electrons. The Balaban J connectivity index is 4.07. The monoisotopic (exact) mass is 804 g/mol. The zero-order chi connectivity index (χ0) is 40.6. The Morgan fingerprint density at radius 2 is 0.836 bits per heavy atom. The summed E-state index contributed by atoms with van der Waals surface area (Å²) in [5, 5.41) is 0. The Kier molecular flexibility index (Phi) is 39.9. The Morgan fingerprint density at radius 1 is 0.491 bits per heavy atom. The van der Waals surface area contributed by atoms with Gasteiger partial charge in [-0.3, -0.25) is 9.36 Å². The van der Waals surface area contributed by atoms with Crippen molar-refractivity contribution in [2.75, 3.05) is 54.1 Å². The standard InChI is InChI=1S/C46H94NO7P/c1-6-8-10-12-14-16-18-20-21-22-23-24-25-26-27-28-30-32-34-36-38-41-51-43-45(44-53-55(49,50)52-42-40-47(3,4)5)54-46(48)39-37-35-33-31-29-19-17-15-13-11-9-7-2/h45H,6-44H2,1-5H3. The summed E-state index contributed by atoms with van der Waals surface area (Å²) in [5.74, 6) is -0.329. The molecule has 9 heteroatoms. The van der Waals surface area contributed by atoms with E-state index in [1.807, 2.05) is 21.1 Å². The molecule has 0 aliphatic carbocycles. The predicted molar refractivity (Wildman–Crippen MR) is 231 cm³/mol. The van der Waals surface area contributed by atoms with E-state index >= 15 is 0 Å². The Bertz CT molecular complexity index is 853. The van der Waals surface area contributed by atoms with Crippen LogP contribution in [0, 0.1) is 0 Å². The fourth-order valence-corrected chi connectivity index (χ4v) is 7.69. The van der Waals surface area contributed by atoms with Crippen LogP contribution in [0.1, 0.15) is 232 Å². The number of ether oxygens (including phenoxy) is 2. The van der Waals surface area contributed by atoms with Gasteiger partial charge in [0.2, 0.25) is 0 Å². The molecule has 0 amide bonds. The number of nitrogens with zero attached hydrogens (tertiary/aromatic N) is 1. The second-order valence-corrected chi connectivity index (χ2v) is 18.9. The quantitative estimate of drug-likeness (QED) is 0.0262. The van der Waals surface area contributed by atoms with Crippen molar-refractivity contribution in [1.82, 2.24) is 0 Å². The van der Waals surface area contributed by atoms with Crippen molar-refractivity contribution in [3.63, 3.8) is 0 Å². The number of phosphoric acid groups is 1. The van der Waals surface area contributed by atoms with Crippen molar-refractivity contribution in [2.24, 2.45) is 0 Å². The van der Waals surface area contributed by atoms with Gasteiger partial charge in [-0.05, 0) is 12.8 Å². The highest BCUT2D eigenvalue weighted by Crippen LogP contribution is 2.38. The van der Waals surface area contributed by atoms with Crippen molar-refractivity contribution in [1.29, 1.82) is 0 Å². The molecule has 0 rings (SSSR count). The third-order valence-electron chi connectivity index (χ3n) is 10.7. The first kappa shape index (κ1) is 54.5. The minimum absolute atomic E-state index is 0.0314. The van der Waals surface area contributed by atoms with Crippen LogP contribution in [0.15, 0.2) is 0 Å². The van der Waals surface area contributed by atoms with Crippen molar-refractivity contribution >= 4 is 13.8 Å². The van der Waals surface area contributed by atoms with Crippen LogP contribution in [0.4, 0.5) is 0 Å². The van der Waals surface area contributed by atoms with Crippen LogP contribution in [0.2, 0.25) is 0 Å². The Morgan fingerprint density at radius 3 is 1.20 bits per heavy atom. The summed E-state index contributed by atoms with van der Waals surface area (Å²) in [7, 11) is 1.38. The number of quaternary nitrogens is 1. The van der Waals surface area contributed by atoms with Crippen LogP contribution in [0.25, 0.3) is 0 Å². The van der Waals surface area contributed by atoms with E-state index < -0.39 is 13.9 Å². The van der Waals surface area contributed by atoms with E-state index in [1.165, 1.54) is 180 Å². The molecule has 55 heavy (non-hydrogen) atoms. The smallest absolute Gasteiger partial charge is 0.306 e. The number of esters is 1. The number of likely N-dealkylation sites (N-methyl/N-ethyl adjacent to an activating group) is 1. The third kappa shape index (κ3) is 44.4. The van der Waals surface area contributed by atoms with E-state index in [1.54, 1.807) is 0 Å². The van der Waals surface area contributed by atoms with Gasteiger partial charge >= 0.3 is 5.97 Å².